The Labute approximate surface area is 268 Å². The van der Waals surface area contributed by atoms with Crippen molar-refractivity contribution in [1.29, 1.82) is 0 Å². The van der Waals surface area contributed by atoms with Crippen molar-refractivity contribution in [1.82, 2.24) is 10.6 Å². The summed E-state index contributed by atoms with van der Waals surface area (Å²) in [4.78, 5) is 0. The molecule has 10 heteroatoms. The molecule has 0 heterocycles. The maximum absolute atomic E-state index is 11.9. The van der Waals surface area contributed by atoms with Gasteiger partial charge < -0.3 is 26.6 Å². The van der Waals surface area contributed by atoms with Crippen LogP contribution in [0, 0.1) is 52.3 Å². The fourth-order valence-corrected chi connectivity index (χ4v) is 11.3. The molecule has 0 amide bonds. The molecular formula is C34H65N3O6S. The highest BCUT2D eigenvalue weighted by Gasteiger charge is 2.65. The molecule has 0 aromatic carbocycles. The zero-order chi connectivity index (χ0) is 32.3. The first kappa shape index (κ1) is 36.5. The molecule has 0 aliphatic heterocycles. The largest absolute Gasteiger partial charge is 0.397 e. The lowest BCUT2D eigenvalue weighted by molar-refractivity contribution is -0.202. The molecule has 0 aromatic rings. The average molecular weight is 644 g/mol. The summed E-state index contributed by atoms with van der Waals surface area (Å²) >= 11 is 0. The molecule has 0 bridgehead atoms. The van der Waals surface area contributed by atoms with Gasteiger partial charge in [0, 0.05) is 6.04 Å². The van der Waals surface area contributed by atoms with Crippen LogP contribution in [0.1, 0.15) is 112 Å². The third kappa shape index (κ3) is 8.03. The van der Waals surface area contributed by atoms with Crippen molar-refractivity contribution in [2.75, 3.05) is 26.2 Å². The van der Waals surface area contributed by atoms with Crippen LogP contribution in [0.15, 0.2) is 0 Å². The van der Waals surface area contributed by atoms with Crippen molar-refractivity contribution in [3.8, 4) is 0 Å². The maximum Gasteiger partial charge on any atom is 0.397 e. The van der Waals surface area contributed by atoms with Crippen LogP contribution < -0.4 is 16.4 Å². The summed E-state index contributed by atoms with van der Waals surface area (Å²) in [5, 5.41) is 31.1. The molecular weight excluding hydrogens is 578 g/mol. The molecule has 0 aromatic heterocycles. The van der Waals surface area contributed by atoms with Crippen molar-refractivity contribution in [3.05, 3.63) is 0 Å². The van der Waals surface area contributed by atoms with Gasteiger partial charge in [-0.1, -0.05) is 34.6 Å². The summed E-state index contributed by atoms with van der Waals surface area (Å²) in [6, 6.07) is 0.504. The van der Waals surface area contributed by atoms with E-state index in [1.54, 1.807) is 0 Å². The Morgan fingerprint density at radius 2 is 1.66 bits per heavy atom. The van der Waals surface area contributed by atoms with E-state index in [0.29, 0.717) is 36.1 Å². The highest BCUT2D eigenvalue weighted by Crippen LogP contribution is 2.68. The number of nitrogens with one attached hydrogen (secondary N) is 2. The van der Waals surface area contributed by atoms with Crippen LogP contribution >= 0.6 is 0 Å². The second-order valence-electron chi connectivity index (χ2n) is 16.0. The molecule has 12 atom stereocenters. The summed E-state index contributed by atoms with van der Waals surface area (Å²) in [6.07, 6.45) is 10.5. The Balaban J connectivity index is 1.35. The Kier molecular flexibility index (Phi) is 12.7. The molecule has 4 fully saturated rings. The Bertz CT molecular complexity index is 1010. The van der Waals surface area contributed by atoms with E-state index in [0.717, 1.165) is 96.8 Å². The minimum atomic E-state index is -4.50. The molecule has 0 saturated heterocycles. The second kappa shape index (κ2) is 15.3. The van der Waals surface area contributed by atoms with Gasteiger partial charge in [-0.05, 0) is 155 Å². The van der Waals surface area contributed by atoms with E-state index in [2.05, 4.69) is 31.4 Å². The normalized spacial score (nSPS) is 40.3. The van der Waals surface area contributed by atoms with Crippen LogP contribution in [0.3, 0.4) is 0 Å². The average Bonchev–Trinajstić information content (AvgIpc) is 3.31. The Hall–Kier alpha value is -0.330. The van der Waals surface area contributed by atoms with E-state index in [1.807, 2.05) is 13.8 Å². The van der Waals surface area contributed by atoms with Gasteiger partial charge in [-0.3, -0.25) is 4.55 Å². The maximum atomic E-state index is 11.9. The molecule has 4 rings (SSSR count). The van der Waals surface area contributed by atoms with Crippen molar-refractivity contribution in [3.63, 3.8) is 0 Å². The Morgan fingerprint density at radius 3 is 2.34 bits per heavy atom. The number of rotatable bonds is 16. The number of unbranched alkanes of at least 4 members (excludes halogenated alkanes) is 1. The van der Waals surface area contributed by atoms with Gasteiger partial charge in [0.15, 0.2) is 0 Å². The number of aliphatic hydroxyl groups excluding tert-OH is 2. The molecule has 7 N–H and O–H groups in total. The lowest BCUT2D eigenvalue weighted by atomic mass is 9.43. The fraction of sp³-hybridized carbons (Fsp3) is 1.00. The first-order valence-corrected chi connectivity index (χ1v) is 19.2. The zero-order valence-corrected chi connectivity index (χ0v) is 29.0. The third-order valence-corrected chi connectivity index (χ3v) is 13.7. The predicted molar refractivity (Wildman–Crippen MR) is 175 cm³/mol. The lowest BCUT2D eigenvalue weighted by Crippen LogP contribution is -2.62. The quantitative estimate of drug-likeness (QED) is 0.105. The number of nitrogens with two attached hydrogens (primary N) is 1. The Morgan fingerprint density at radius 1 is 0.932 bits per heavy atom. The van der Waals surface area contributed by atoms with Gasteiger partial charge in [0.25, 0.3) is 0 Å². The summed E-state index contributed by atoms with van der Waals surface area (Å²) in [5.74, 6) is 1.86. The second-order valence-corrected chi connectivity index (χ2v) is 17.0. The first-order valence-electron chi connectivity index (χ1n) is 17.9. The molecule has 0 radical (unpaired) electrons. The summed E-state index contributed by atoms with van der Waals surface area (Å²) in [7, 11) is -4.50. The molecule has 258 valence electrons. The van der Waals surface area contributed by atoms with Crippen LogP contribution in [-0.4, -0.2) is 73.7 Å². The van der Waals surface area contributed by atoms with Crippen LogP contribution in [0.4, 0.5) is 0 Å². The van der Waals surface area contributed by atoms with E-state index < -0.39 is 22.6 Å². The minimum Gasteiger partial charge on any atom is -0.393 e. The lowest BCUT2D eigenvalue weighted by Gasteiger charge is -2.64. The van der Waals surface area contributed by atoms with E-state index in [9.17, 15) is 23.2 Å². The van der Waals surface area contributed by atoms with E-state index in [-0.39, 0.29) is 34.7 Å². The molecule has 4 aliphatic rings. The topological polar surface area (TPSA) is 154 Å². The minimum absolute atomic E-state index is 0.0398. The molecule has 44 heavy (non-hydrogen) atoms. The van der Waals surface area contributed by atoms with Gasteiger partial charge in [-0.15, -0.1) is 0 Å². The van der Waals surface area contributed by atoms with Gasteiger partial charge in [0.1, 0.15) is 0 Å². The number of aliphatic hydroxyl groups is 2. The highest BCUT2D eigenvalue weighted by molar-refractivity contribution is 7.80. The molecule has 7 unspecified atom stereocenters. The van der Waals surface area contributed by atoms with Crippen LogP contribution in [-0.2, 0) is 14.6 Å². The smallest absolute Gasteiger partial charge is 0.393 e. The van der Waals surface area contributed by atoms with E-state index in [1.165, 1.54) is 0 Å². The number of fused-ring (bicyclic) bond motifs is 5. The van der Waals surface area contributed by atoms with Gasteiger partial charge in [0.05, 0.1) is 18.3 Å². The first-order chi connectivity index (χ1) is 20.7. The third-order valence-electron chi connectivity index (χ3n) is 13.2. The van der Waals surface area contributed by atoms with E-state index >= 15 is 0 Å². The summed E-state index contributed by atoms with van der Waals surface area (Å²) < 4.78 is 37.1. The fourth-order valence-electron chi connectivity index (χ4n) is 10.7. The predicted octanol–water partition coefficient (Wildman–Crippen LogP) is 4.52. The number of hydrogen-bond acceptors (Lipinski definition) is 8. The summed E-state index contributed by atoms with van der Waals surface area (Å²) in [6.45, 7) is 14.6. The summed E-state index contributed by atoms with van der Waals surface area (Å²) in [5.41, 5.74) is 5.46. The van der Waals surface area contributed by atoms with E-state index in [4.69, 9.17) is 9.92 Å². The monoisotopic (exact) mass is 643 g/mol. The van der Waals surface area contributed by atoms with Gasteiger partial charge >= 0.3 is 10.4 Å². The van der Waals surface area contributed by atoms with Crippen molar-refractivity contribution in [2.45, 2.75) is 136 Å². The van der Waals surface area contributed by atoms with Crippen LogP contribution in [0.5, 0.6) is 0 Å². The molecule has 0 spiro atoms. The van der Waals surface area contributed by atoms with Gasteiger partial charge in [-0.25, -0.2) is 4.18 Å². The SMILES string of the molecule is CC(C)C(CC[C@@H](C)C1CCC2C3C(O)C[C@H]4C[C@@H](NCCCNCCCCN)CC[C@]4(C)C3CC(O)[C@@]21C)OS(=O)(=O)O. The zero-order valence-electron chi connectivity index (χ0n) is 28.2. The molecule has 9 nitrogen and oxygen atoms in total. The number of hydrogen-bond donors (Lipinski definition) is 6. The van der Waals surface area contributed by atoms with Crippen molar-refractivity contribution < 1.29 is 27.4 Å². The standard InChI is InChI=1S/C34H65N3O6S/c1-22(2)30(43-44(40,41)42)12-9-23(3)26-10-11-27-32-28(21-31(39)34(26,27)5)33(4)14-13-25(19-24(33)20-29(32)38)37-18-8-17-36-16-7-6-15-35/h22-32,36-39H,6-21,35H2,1-5H3,(H,40,41,42)/t23-,24-,25+,26?,27?,28?,29?,30?,31?,32?,33+,34-/m1/s1. The van der Waals surface area contributed by atoms with Crippen LogP contribution in [0.25, 0.3) is 0 Å². The van der Waals surface area contributed by atoms with Crippen molar-refractivity contribution >= 4 is 10.4 Å². The van der Waals surface area contributed by atoms with Crippen LogP contribution in [0.2, 0.25) is 0 Å². The molecule has 4 saturated carbocycles. The highest BCUT2D eigenvalue weighted by atomic mass is 32.3. The van der Waals surface area contributed by atoms with Crippen molar-refractivity contribution in [2.24, 2.45) is 58.0 Å². The van der Waals surface area contributed by atoms with Gasteiger partial charge in [-0.2, -0.15) is 8.42 Å². The van der Waals surface area contributed by atoms with Gasteiger partial charge in [0.2, 0.25) is 0 Å². The molecule has 4 aliphatic carbocycles.